The largest absolute Gasteiger partial charge is 0.448 e. The van der Waals surface area contributed by atoms with Gasteiger partial charge in [0.05, 0.1) is 6.42 Å². The Bertz CT molecular complexity index is 1780. The molecule has 0 heterocycles. The van der Waals surface area contributed by atoms with E-state index in [-0.39, 0.29) is 25.5 Å². The van der Waals surface area contributed by atoms with Crippen molar-refractivity contribution in [1.82, 2.24) is 4.90 Å². The average molecular weight is 616 g/mol. The molecular formula is C39H34ClNO4. The Balaban J connectivity index is 1.19. The molecule has 5 aromatic carbocycles. The van der Waals surface area contributed by atoms with Crippen LogP contribution < -0.4 is 0 Å². The van der Waals surface area contributed by atoms with E-state index in [0.29, 0.717) is 10.6 Å². The molecule has 1 atom stereocenters. The number of aryl methyl sites for hydroxylation is 1. The Morgan fingerprint density at radius 3 is 1.93 bits per heavy atom. The minimum atomic E-state index is -1.30. The molecular weight excluding hydrogens is 582 g/mol. The van der Waals surface area contributed by atoms with E-state index in [1.165, 1.54) is 16.0 Å². The zero-order chi connectivity index (χ0) is 31.4. The average Bonchev–Trinajstić information content (AvgIpc) is 3.39. The van der Waals surface area contributed by atoms with Crippen molar-refractivity contribution in [1.29, 1.82) is 0 Å². The van der Waals surface area contributed by atoms with Crippen molar-refractivity contribution in [2.24, 2.45) is 0 Å². The van der Waals surface area contributed by atoms with Gasteiger partial charge >= 0.3 is 12.1 Å². The summed E-state index contributed by atoms with van der Waals surface area (Å²) in [7, 11) is 1.63. The fraction of sp³-hybridized carbons (Fsp3) is 0.179. The van der Waals surface area contributed by atoms with Gasteiger partial charge < -0.3 is 14.4 Å². The number of halogens is 1. The third-order valence-electron chi connectivity index (χ3n) is 8.46. The Kier molecular flexibility index (Phi) is 8.72. The van der Waals surface area contributed by atoms with Crippen LogP contribution in [0, 0.1) is 6.92 Å². The first-order chi connectivity index (χ1) is 21.9. The summed E-state index contributed by atoms with van der Waals surface area (Å²) in [5.41, 5.74) is 6.59. The smallest absolute Gasteiger partial charge is 0.409 e. The highest BCUT2D eigenvalue weighted by Gasteiger charge is 2.42. The van der Waals surface area contributed by atoms with Crippen molar-refractivity contribution in [3.05, 3.63) is 166 Å². The van der Waals surface area contributed by atoms with Crippen LogP contribution in [0.5, 0.6) is 0 Å². The summed E-state index contributed by atoms with van der Waals surface area (Å²) in [5.74, 6) is -0.519. The van der Waals surface area contributed by atoms with Gasteiger partial charge in [-0.15, -0.1) is 0 Å². The summed E-state index contributed by atoms with van der Waals surface area (Å²) in [6, 6.07) is 41.3. The van der Waals surface area contributed by atoms with Crippen LogP contribution in [0.4, 0.5) is 4.79 Å². The van der Waals surface area contributed by atoms with Crippen LogP contribution in [0.25, 0.3) is 11.1 Å². The second kappa shape index (κ2) is 13.0. The number of esters is 1. The number of nitrogens with zero attached hydrogens (tertiary/aromatic N) is 1. The molecule has 1 unspecified atom stereocenters. The predicted molar refractivity (Wildman–Crippen MR) is 177 cm³/mol. The zero-order valence-corrected chi connectivity index (χ0v) is 26.0. The molecule has 226 valence electrons. The van der Waals surface area contributed by atoms with E-state index in [0.717, 1.165) is 27.8 Å². The van der Waals surface area contributed by atoms with Gasteiger partial charge in [0.2, 0.25) is 0 Å². The van der Waals surface area contributed by atoms with Gasteiger partial charge in [-0.05, 0) is 35.2 Å². The molecule has 0 spiro atoms. The Hall–Kier alpha value is -4.87. The van der Waals surface area contributed by atoms with Crippen molar-refractivity contribution < 1.29 is 19.1 Å². The number of hydrogen-bond donors (Lipinski definition) is 0. The summed E-state index contributed by atoms with van der Waals surface area (Å²) >= 11 is 6.78. The molecule has 1 aliphatic carbocycles. The normalized spacial score (nSPS) is 13.3. The summed E-state index contributed by atoms with van der Waals surface area (Å²) in [6.07, 6.45) is -0.533. The lowest BCUT2D eigenvalue weighted by molar-refractivity contribution is -0.153. The number of carbonyl (C=O) groups excluding carboxylic acids is 2. The highest BCUT2D eigenvalue weighted by Crippen LogP contribution is 2.45. The highest BCUT2D eigenvalue weighted by molar-refractivity contribution is 6.31. The lowest BCUT2D eigenvalue weighted by atomic mass is 9.79. The standard InChI is InChI=1S/C39H34ClNO4/c1-27-20-22-29(23-21-27)39(28-12-4-3-5-13-28,35-18-10-11-19-36(35)40)45-37(42)24-25-41(2)38(43)44-26-34-32-16-8-6-14-30(32)31-15-7-9-17-33(31)34/h3-23,34H,24-26H2,1-2H3. The van der Waals surface area contributed by atoms with E-state index in [2.05, 4.69) is 24.3 Å². The topological polar surface area (TPSA) is 55.8 Å². The summed E-state index contributed by atoms with van der Waals surface area (Å²) in [6.45, 7) is 2.34. The summed E-state index contributed by atoms with van der Waals surface area (Å²) in [5, 5.41) is 0.477. The van der Waals surface area contributed by atoms with Gasteiger partial charge in [-0.1, -0.05) is 138 Å². The molecule has 6 rings (SSSR count). The maximum absolute atomic E-state index is 13.7. The van der Waals surface area contributed by atoms with Crippen LogP contribution in [0.1, 0.15) is 45.7 Å². The summed E-state index contributed by atoms with van der Waals surface area (Å²) in [4.78, 5) is 28.2. The van der Waals surface area contributed by atoms with Crippen LogP contribution in [0.3, 0.4) is 0 Å². The molecule has 0 aromatic heterocycles. The number of rotatable bonds is 9. The molecule has 5 nitrogen and oxygen atoms in total. The molecule has 0 N–H and O–H groups in total. The quantitative estimate of drug-likeness (QED) is 0.123. The van der Waals surface area contributed by atoms with Gasteiger partial charge in [0.15, 0.2) is 5.60 Å². The maximum Gasteiger partial charge on any atom is 0.409 e. The second-order valence-corrected chi connectivity index (χ2v) is 11.7. The van der Waals surface area contributed by atoms with E-state index in [1.54, 1.807) is 13.1 Å². The van der Waals surface area contributed by atoms with Gasteiger partial charge in [0, 0.05) is 41.2 Å². The molecule has 1 amide bonds. The Morgan fingerprint density at radius 2 is 1.29 bits per heavy atom. The highest BCUT2D eigenvalue weighted by atomic mass is 35.5. The molecule has 0 aliphatic heterocycles. The first-order valence-corrected chi connectivity index (χ1v) is 15.4. The minimum absolute atomic E-state index is 0.0361. The maximum atomic E-state index is 13.7. The number of fused-ring (bicyclic) bond motifs is 3. The lowest BCUT2D eigenvalue weighted by Gasteiger charge is -2.36. The van der Waals surface area contributed by atoms with Crippen LogP contribution >= 0.6 is 11.6 Å². The third-order valence-corrected chi connectivity index (χ3v) is 8.79. The van der Waals surface area contributed by atoms with Crippen LogP contribution in [-0.2, 0) is 19.9 Å². The number of hydrogen-bond acceptors (Lipinski definition) is 4. The molecule has 45 heavy (non-hydrogen) atoms. The number of amides is 1. The second-order valence-electron chi connectivity index (χ2n) is 11.3. The van der Waals surface area contributed by atoms with Gasteiger partial charge in [-0.3, -0.25) is 4.79 Å². The number of benzene rings is 5. The third kappa shape index (κ3) is 5.96. The first-order valence-electron chi connectivity index (χ1n) is 15.0. The zero-order valence-electron chi connectivity index (χ0n) is 25.3. The van der Waals surface area contributed by atoms with Gasteiger partial charge in [0.25, 0.3) is 0 Å². The molecule has 0 radical (unpaired) electrons. The SMILES string of the molecule is Cc1ccc(C(OC(=O)CCN(C)C(=O)OCC2c3ccccc3-c3ccccc32)(c2ccccc2)c2ccccc2Cl)cc1. The van der Waals surface area contributed by atoms with Gasteiger partial charge in [0.1, 0.15) is 6.61 Å². The molecule has 0 saturated heterocycles. The molecule has 6 heteroatoms. The van der Waals surface area contributed by atoms with Crippen molar-refractivity contribution in [3.63, 3.8) is 0 Å². The Labute approximate surface area is 269 Å². The molecule has 0 bridgehead atoms. The van der Waals surface area contributed by atoms with Gasteiger partial charge in [-0.25, -0.2) is 4.79 Å². The van der Waals surface area contributed by atoms with Crippen molar-refractivity contribution >= 4 is 23.7 Å². The minimum Gasteiger partial charge on any atom is -0.448 e. The van der Waals surface area contributed by atoms with Crippen LogP contribution in [0.15, 0.2) is 127 Å². The first kappa shape index (κ1) is 30.2. The van der Waals surface area contributed by atoms with E-state index in [1.807, 2.05) is 104 Å². The monoisotopic (exact) mass is 615 g/mol. The van der Waals surface area contributed by atoms with E-state index < -0.39 is 17.7 Å². The van der Waals surface area contributed by atoms with E-state index >= 15 is 0 Å². The summed E-state index contributed by atoms with van der Waals surface area (Å²) < 4.78 is 12.3. The fourth-order valence-corrected chi connectivity index (χ4v) is 6.40. The molecule has 0 fully saturated rings. The van der Waals surface area contributed by atoms with Crippen molar-refractivity contribution in [2.75, 3.05) is 20.2 Å². The van der Waals surface area contributed by atoms with Crippen LogP contribution in [0.2, 0.25) is 5.02 Å². The Morgan fingerprint density at radius 1 is 0.733 bits per heavy atom. The molecule has 5 aromatic rings. The molecule has 0 saturated carbocycles. The fourth-order valence-electron chi connectivity index (χ4n) is 6.13. The lowest BCUT2D eigenvalue weighted by Crippen LogP contribution is -2.37. The van der Waals surface area contributed by atoms with Crippen molar-refractivity contribution in [2.45, 2.75) is 24.9 Å². The number of carbonyl (C=O) groups is 2. The molecule has 1 aliphatic rings. The van der Waals surface area contributed by atoms with Crippen LogP contribution in [-0.4, -0.2) is 37.2 Å². The number of ether oxygens (including phenoxy) is 2. The van der Waals surface area contributed by atoms with Gasteiger partial charge in [-0.2, -0.15) is 0 Å². The van der Waals surface area contributed by atoms with Crippen molar-refractivity contribution in [3.8, 4) is 11.1 Å². The predicted octanol–water partition coefficient (Wildman–Crippen LogP) is 8.75. The van der Waals surface area contributed by atoms with E-state index in [9.17, 15) is 9.59 Å². The van der Waals surface area contributed by atoms with E-state index in [4.69, 9.17) is 21.1 Å².